The third-order valence-electron chi connectivity index (χ3n) is 2.75. The monoisotopic (exact) mass is 217 g/mol. The number of allylic oxidation sites excluding steroid dienone is 1. The number of nitrogens with zero attached hydrogens (tertiary/aromatic N) is 1. The van der Waals surface area contributed by atoms with Gasteiger partial charge in [0.15, 0.2) is 0 Å². The summed E-state index contributed by atoms with van der Waals surface area (Å²) in [5.41, 5.74) is 0.849. The number of rotatable bonds is 0. The van der Waals surface area contributed by atoms with Crippen molar-refractivity contribution in [1.29, 1.82) is 0 Å². The van der Waals surface area contributed by atoms with E-state index in [9.17, 15) is 4.79 Å². The van der Waals surface area contributed by atoms with Crippen LogP contribution in [0.3, 0.4) is 0 Å². The van der Waals surface area contributed by atoms with Crippen molar-refractivity contribution in [2.24, 2.45) is 0 Å². The molecule has 0 spiro atoms. The lowest BCUT2D eigenvalue weighted by Gasteiger charge is -2.32. The topological polar surface area (TPSA) is 20.3 Å². The molecular formula is C12H11NOS. The van der Waals surface area contributed by atoms with E-state index in [4.69, 9.17) is 0 Å². The Bertz CT molecular complexity index is 453. The Hall–Kier alpha value is -1.22. The molecule has 0 radical (unpaired) electrons. The van der Waals surface area contributed by atoms with E-state index < -0.39 is 0 Å². The van der Waals surface area contributed by atoms with Gasteiger partial charge in [0.05, 0.1) is 10.6 Å². The Kier molecular flexibility index (Phi) is 2.06. The number of carbonyl (C=O) groups is 1. The van der Waals surface area contributed by atoms with Crippen LogP contribution >= 0.6 is 11.8 Å². The first-order valence-corrected chi connectivity index (χ1v) is 5.97. The molecule has 76 valence electrons. The number of hydrogen-bond acceptors (Lipinski definition) is 2. The van der Waals surface area contributed by atoms with E-state index in [0.29, 0.717) is 0 Å². The summed E-state index contributed by atoms with van der Waals surface area (Å²) in [6, 6.07) is 7.84. The lowest BCUT2D eigenvalue weighted by atomic mass is 10.1. The molecule has 0 bridgehead atoms. The summed E-state index contributed by atoms with van der Waals surface area (Å²) in [7, 11) is 0. The standard InChI is InChI=1S/C12H11NOS/c14-12-9-5-1-2-6-10(9)15-11-7-3-4-8-13(11)12/h1-2,5-7H,3-4,8H2. The number of carbonyl (C=O) groups excluding carboxylic acids is 1. The molecule has 2 heterocycles. The van der Waals surface area contributed by atoms with Crippen molar-refractivity contribution in [3.05, 3.63) is 40.9 Å². The summed E-state index contributed by atoms with van der Waals surface area (Å²) < 4.78 is 0. The van der Waals surface area contributed by atoms with Crippen LogP contribution in [0.2, 0.25) is 0 Å². The van der Waals surface area contributed by atoms with Crippen molar-refractivity contribution in [3.8, 4) is 0 Å². The number of amides is 1. The molecule has 0 N–H and O–H groups in total. The molecule has 2 nitrogen and oxygen atoms in total. The summed E-state index contributed by atoms with van der Waals surface area (Å²) >= 11 is 1.71. The minimum atomic E-state index is 0.162. The average Bonchev–Trinajstić information content (AvgIpc) is 2.30. The van der Waals surface area contributed by atoms with Gasteiger partial charge in [-0.3, -0.25) is 4.79 Å². The molecular weight excluding hydrogens is 206 g/mol. The van der Waals surface area contributed by atoms with Crippen molar-refractivity contribution in [1.82, 2.24) is 4.90 Å². The number of fused-ring (bicyclic) bond motifs is 2. The van der Waals surface area contributed by atoms with E-state index in [0.717, 1.165) is 34.9 Å². The maximum absolute atomic E-state index is 12.1. The van der Waals surface area contributed by atoms with Crippen LogP contribution in [0.1, 0.15) is 23.2 Å². The van der Waals surface area contributed by atoms with E-state index in [2.05, 4.69) is 6.08 Å². The van der Waals surface area contributed by atoms with Crippen LogP contribution in [-0.4, -0.2) is 17.4 Å². The van der Waals surface area contributed by atoms with E-state index in [1.807, 2.05) is 29.2 Å². The molecule has 0 fully saturated rings. The van der Waals surface area contributed by atoms with Crippen LogP contribution in [0.4, 0.5) is 0 Å². The van der Waals surface area contributed by atoms with Crippen molar-refractivity contribution in [2.75, 3.05) is 6.54 Å². The molecule has 1 aromatic carbocycles. The first-order valence-electron chi connectivity index (χ1n) is 5.15. The number of hydrogen-bond donors (Lipinski definition) is 0. The lowest BCUT2D eigenvalue weighted by molar-refractivity contribution is 0.0802. The predicted molar refractivity (Wildman–Crippen MR) is 60.7 cm³/mol. The van der Waals surface area contributed by atoms with Crippen molar-refractivity contribution in [3.63, 3.8) is 0 Å². The summed E-state index contributed by atoms with van der Waals surface area (Å²) in [5.74, 6) is 0.162. The second-order valence-corrected chi connectivity index (χ2v) is 4.80. The van der Waals surface area contributed by atoms with Crippen LogP contribution in [-0.2, 0) is 0 Å². The molecule has 0 saturated carbocycles. The average molecular weight is 217 g/mol. The van der Waals surface area contributed by atoms with Gasteiger partial charge in [0, 0.05) is 11.4 Å². The Morgan fingerprint density at radius 2 is 2.13 bits per heavy atom. The van der Waals surface area contributed by atoms with E-state index in [1.54, 1.807) is 11.8 Å². The maximum Gasteiger partial charge on any atom is 0.259 e. The zero-order valence-electron chi connectivity index (χ0n) is 8.27. The summed E-state index contributed by atoms with van der Waals surface area (Å²) in [6.07, 6.45) is 4.34. The minimum Gasteiger partial charge on any atom is -0.303 e. The maximum atomic E-state index is 12.1. The highest BCUT2D eigenvalue weighted by Gasteiger charge is 2.29. The molecule has 0 atom stereocenters. The Morgan fingerprint density at radius 1 is 1.27 bits per heavy atom. The van der Waals surface area contributed by atoms with Crippen molar-refractivity contribution in [2.45, 2.75) is 17.7 Å². The van der Waals surface area contributed by atoms with Crippen LogP contribution in [0.15, 0.2) is 40.3 Å². The van der Waals surface area contributed by atoms with Gasteiger partial charge in [0.2, 0.25) is 0 Å². The molecule has 3 heteroatoms. The first-order chi connectivity index (χ1) is 7.36. The van der Waals surface area contributed by atoms with Gasteiger partial charge < -0.3 is 4.90 Å². The highest BCUT2D eigenvalue weighted by Crippen LogP contribution is 2.39. The lowest BCUT2D eigenvalue weighted by Crippen LogP contribution is -2.34. The SMILES string of the molecule is O=C1c2ccccc2SC2=CCCCN12. The number of benzene rings is 1. The molecule has 0 unspecified atom stereocenters. The van der Waals surface area contributed by atoms with Gasteiger partial charge in [-0.05, 0) is 25.0 Å². The molecule has 3 rings (SSSR count). The first kappa shape index (κ1) is 9.04. The van der Waals surface area contributed by atoms with E-state index in [1.165, 1.54) is 0 Å². The van der Waals surface area contributed by atoms with Gasteiger partial charge in [-0.25, -0.2) is 0 Å². The minimum absolute atomic E-state index is 0.162. The van der Waals surface area contributed by atoms with Crippen molar-refractivity contribution >= 4 is 17.7 Å². The molecule has 1 aromatic rings. The second kappa shape index (κ2) is 3.42. The van der Waals surface area contributed by atoms with Gasteiger partial charge in [-0.2, -0.15) is 0 Å². The molecule has 15 heavy (non-hydrogen) atoms. The largest absolute Gasteiger partial charge is 0.303 e. The van der Waals surface area contributed by atoms with Crippen LogP contribution < -0.4 is 0 Å². The van der Waals surface area contributed by atoms with Gasteiger partial charge in [0.1, 0.15) is 0 Å². The quantitative estimate of drug-likeness (QED) is 0.666. The molecule has 2 aliphatic rings. The van der Waals surface area contributed by atoms with E-state index >= 15 is 0 Å². The van der Waals surface area contributed by atoms with Crippen LogP contribution in [0.25, 0.3) is 0 Å². The normalized spacial score (nSPS) is 19.3. The molecule has 0 aliphatic carbocycles. The van der Waals surface area contributed by atoms with Gasteiger partial charge >= 0.3 is 0 Å². The van der Waals surface area contributed by atoms with E-state index in [-0.39, 0.29) is 5.91 Å². The summed E-state index contributed by atoms with van der Waals surface area (Å²) in [6.45, 7) is 0.867. The second-order valence-electron chi connectivity index (χ2n) is 3.74. The van der Waals surface area contributed by atoms with Crippen molar-refractivity contribution < 1.29 is 4.79 Å². The van der Waals surface area contributed by atoms with Gasteiger partial charge in [0.25, 0.3) is 5.91 Å². The van der Waals surface area contributed by atoms with Gasteiger partial charge in [-0.15, -0.1) is 0 Å². The Morgan fingerprint density at radius 3 is 3.07 bits per heavy atom. The third kappa shape index (κ3) is 1.38. The zero-order valence-corrected chi connectivity index (χ0v) is 9.09. The van der Waals surface area contributed by atoms with Crippen LogP contribution in [0, 0.1) is 0 Å². The highest BCUT2D eigenvalue weighted by atomic mass is 32.2. The summed E-state index contributed by atoms with van der Waals surface area (Å²) in [4.78, 5) is 15.1. The Labute approximate surface area is 93.0 Å². The Balaban J connectivity index is 2.11. The molecule has 1 amide bonds. The third-order valence-corrected chi connectivity index (χ3v) is 3.92. The fraction of sp³-hybridized carbons (Fsp3) is 0.250. The zero-order chi connectivity index (χ0) is 10.3. The fourth-order valence-electron chi connectivity index (χ4n) is 1.98. The number of thioether (sulfide) groups is 1. The molecule has 2 aliphatic heterocycles. The van der Waals surface area contributed by atoms with Crippen LogP contribution in [0.5, 0.6) is 0 Å². The summed E-state index contributed by atoms with van der Waals surface area (Å²) in [5, 5.41) is 1.12. The molecule has 0 aromatic heterocycles. The highest BCUT2D eigenvalue weighted by molar-refractivity contribution is 8.03. The predicted octanol–water partition coefficient (Wildman–Crippen LogP) is 2.87. The van der Waals surface area contributed by atoms with Gasteiger partial charge in [-0.1, -0.05) is 30.0 Å². The smallest absolute Gasteiger partial charge is 0.259 e. The molecule has 0 saturated heterocycles. The fourth-order valence-corrected chi connectivity index (χ4v) is 3.11.